The lowest BCUT2D eigenvalue weighted by molar-refractivity contribution is 0.251. The summed E-state index contributed by atoms with van der Waals surface area (Å²) in [4.78, 5) is 17.7. The average molecular weight is 378 g/mol. The fourth-order valence-electron chi connectivity index (χ4n) is 3.59. The number of hydrogen-bond acceptors (Lipinski definition) is 5. The lowest BCUT2D eigenvalue weighted by Crippen LogP contribution is -2.48. The summed E-state index contributed by atoms with van der Waals surface area (Å²) in [6.45, 7) is 0.959. The summed E-state index contributed by atoms with van der Waals surface area (Å²) in [5.74, 6) is 0. The van der Waals surface area contributed by atoms with Crippen molar-refractivity contribution in [3.8, 4) is 6.07 Å². The lowest BCUT2D eigenvalue weighted by Gasteiger charge is -2.37. The molecule has 1 fully saturated rings. The number of nitriles is 1. The third-order valence-electron chi connectivity index (χ3n) is 5.07. The van der Waals surface area contributed by atoms with Crippen LogP contribution >= 0.6 is 0 Å². The van der Waals surface area contributed by atoms with Gasteiger partial charge in [-0.25, -0.2) is 14.2 Å². The first-order valence-corrected chi connectivity index (χ1v) is 8.98. The van der Waals surface area contributed by atoms with Crippen molar-refractivity contribution in [3.63, 3.8) is 0 Å². The van der Waals surface area contributed by atoms with Crippen molar-refractivity contribution in [1.82, 2.24) is 9.55 Å². The Hall–Kier alpha value is -3.60. The van der Waals surface area contributed by atoms with Gasteiger partial charge < -0.3 is 16.0 Å². The Kier molecular flexibility index (Phi) is 4.57. The third kappa shape index (κ3) is 3.22. The number of pyridine rings is 1. The summed E-state index contributed by atoms with van der Waals surface area (Å²) in [6, 6.07) is 11.8. The van der Waals surface area contributed by atoms with E-state index in [0.717, 1.165) is 16.8 Å². The molecule has 0 spiro atoms. The molecule has 1 amide bonds. The van der Waals surface area contributed by atoms with E-state index in [-0.39, 0.29) is 12.6 Å². The van der Waals surface area contributed by atoms with Crippen LogP contribution in [0.3, 0.4) is 0 Å². The Balaban J connectivity index is 1.49. The number of fused-ring (bicyclic) bond motifs is 1. The van der Waals surface area contributed by atoms with Crippen molar-refractivity contribution in [2.75, 3.05) is 23.3 Å². The summed E-state index contributed by atoms with van der Waals surface area (Å²) >= 11 is 0. The normalized spacial score (nSPS) is 19.4. The predicted octanol–water partition coefficient (Wildman–Crippen LogP) is 2.86. The number of carbonyl (C=O) groups is 1. The van der Waals surface area contributed by atoms with E-state index in [9.17, 15) is 9.18 Å². The highest BCUT2D eigenvalue weighted by molar-refractivity contribution is 5.95. The van der Waals surface area contributed by atoms with Gasteiger partial charge >= 0.3 is 6.03 Å². The van der Waals surface area contributed by atoms with Gasteiger partial charge in [-0.15, -0.1) is 0 Å². The largest absolute Gasteiger partial charge is 0.379 e. The van der Waals surface area contributed by atoms with Gasteiger partial charge in [0.2, 0.25) is 0 Å². The van der Waals surface area contributed by atoms with Crippen LogP contribution in [0.1, 0.15) is 12.0 Å². The number of nitrogens with one attached hydrogen (secondary N) is 1. The zero-order chi connectivity index (χ0) is 19.7. The predicted molar refractivity (Wildman–Crippen MR) is 105 cm³/mol. The van der Waals surface area contributed by atoms with Gasteiger partial charge in [0.25, 0.3) is 0 Å². The number of carbonyl (C=O) groups excluding carboxylic acids is 1. The summed E-state index contributed by atoms with van der Waals surface area (Å²) in [5, 5.41) is 12.9. The molecule has 2 atom stereocenters. The monoisotopic (exact) mass is 378 g/mol. The van der Waals surface area contributed by atoms with Gasteiger partial charge in [-0.1, -0.05) is 0 Å². The quantitative estimate of drug-likeness (QED) is 0.730. The number of aromatic nitrogens is 2. The van der Waals surface area contributed by atoms with Gasteiger partial charge in [0, 0.05) is 35.7 Å². The minimum atomic E-state index is -1.08. The van der Waals surface area contributed by atoms with Crippen LogP contribution in [0.15, 0.2) is 48.8 Å². The van der Waals surface area contributed by atoms with Crippen molar-refractivity contribution >= 4 is 28.4 Å². The van der Waals surface area contributed by atoms with Crippen molar-refractivity contribution < 1.29 is 9.18 Å². The molecule has 2 aromatic heterocycles. The molecular formula is C20H19FN6O. The number of rotatable bonds is 3. The highest BCUT2D eigenvalue weighted by Gasteiger charge is 2.29. The molecular weight excluding hydrogens is 359 g/mol. The molecule has 28 heavy (non-hydrogen) atoms. The molecule has 0 saturated carbocycles. The second-order valence-corrected chi connectivity index (χ2v) is 6.78. The highest BCUT2D eigenvalue weighted by Crippen LogP contribution is 2.28. The van der Waals surface area contributed by atoms with Gasteiger partial charge in [0.1, 0.15) is 11.8 Å². The first-order valence-electron chi connectivity index (χ1n) is 8.98. The topological polar surface area (TPSA) is 100.0 Å². The van der Waals surface area contributed by atoms with Crippen molar-refractivity contribution in [3.05, 3.63) is 54.4 Å². The van der Waals surface area contributed by atoms with Gasteiger partial charge in [-0.3, -0.25) is 4.57 Å². The zero-order valence-electron chi connectivity index (χ0n) is 15.0. The number of alkyl halides is 1. The zero-order valence-corrected chi connectivity index (χ0v) is 15.0. The average Bonchev–Trinajstić information content (AvgIpc) is 3.15. The molecule has 1 aliphatic heterocycles. The van der Waals surface area contributed by atoms with E-state index >= 15 is 0 Å². The maximum Gasteiger partial charge on any atom is 0.324 e. The first-order chi connectivity index (χ1) is 13.6. The lowest BCUT2D eigenvalue weighted by atomic mass is 10.0. The number of primary amides is 1. The van der Waals surface area contributed by atoms with E-state index in [1.807, 2.05) is 17.0 Å². The smallest absolute Gasteiger partial charge is 0.324 e. The Morgan fingerprint density at radius 3 is 2.75 bits per heavy atom. The minimum absolute atomic E-state index is 0.264. The summed E-state index contributed by atoms with van der Waals surface area (Å²) in [6.07, 6.45) is 2.67. The molecule has 0 aliphatic carbocycles. The Bertz CT molecular complexity index is 1050. The van der Waals surface area contributed by atoms with Gasteiger partial charge in [0.15, 0.2) is 0 Å². The summed E-state index contributed by atoms with van der Waals surface area (Å²) in [7, 11) is 0. The molecule has 0 unspecified atom stereocenters. The van der Waals surface area contributed by atoms with Gasteiger partial charge in [0.05, 0.1) is 24.2 Å². The van der Waals surface area contributed by atoms with Crippen LogP contribution < -0.4 is 16.0 Å². The number of benzene rings is 1. The second kappa shape index (κ2) is 7.19. The van der Waals surface area contributed by atoms with E-state index in [4.69, 9.17) is 11.0 Å². The maximum atomic E-state index is 14.9. The molecule has 7 nitrogen and oxygen atoms in total. The number of nitrogens with zero attached hydrogens (tertiary/aromatic N) is 4. The molecule has 8 heteroatoms. The molecule has 3 aromatic rings. The van der Waals surface area contributed by atoms with Crippen LogP contribution in [0.5, 0.6) is 0 Å². The van der Waals surface area contributed by atoms with Gasteiger partial charge in [-0.05, 0) is 42.8 Å². The van der Waals surface area contributed by atoms with Crippen LogP contribution in [0.25, 0.3) is 11.0 Å². The number of hydrogen-bond donors (Lipinski definition) is 2. The van der Waals surface area contributed by atoms with Gasteiger partial charge in [-0.2, -0.15) is 5.26 Å². The molecule has 1 aromatic carbocycles. The Morgan fingerprint density at radius 2 is 2.07 bits per heavy atom. The van der Waals surface area contributed by atoms with Crippen LogP contribution in [0, 0.1) is 11.3 Å². The molecule has 3 heterocycles. The SMILES string of the molecule is N#Cc1ccc(N2CC[C@H](Nc3ccnc4c3ccn4C(N)=O)[C@H](F)C2)cc1. The number of amides is 1. The number of anilines is 2. The summed E-state index contributed by atoms with van der Waals surface area (Å²) in [5.41, 5.74) is 8.02. The van der Waals surface area contributed by atoms with Crippen LogP contribution in [-0.4, -0.2) is 40.9 Å². The number of piperidine rings is 1. The standard InChI is InChI=1S/C20H19FN6O/c21-16-12-26(14-3-1-13(11-22)2-4-14)9-7-18(16)25-17-5-8-24-19-15(17)6-10-27(19)20(23)28/h1-6,8,10,16,18H,7,9,12H2,(H2,23,28)(H,24,25)/t16-,18+/m1/s1. The Labute approximate surface area is 161 Å². The molecule has 0 radical (unpaired) electrons. The van der Waals surface area contributed by atoms with E-state index < -0.39 is 12.2 Å². The van der Waals surface area contributed by atoms with E-state index in [0.29, 0.717) is 24.2 Å². The molecule has 1 saturated heterocycles. The molecule has 1 aliphatic rings. The van der Waals surface area contributed by atoms with E-state index in [1.54, 1.807) is 36.7 Å². The van der Waals surface area contributed by atoms with E-state index in [2.05, 4.69) is 16.4 Å². The summed E-state index contributed by atoms with van der Waals surface area (Å²) < 4.78 is 16.2. The Morgan fingerprint density at radius 1 is 1.29 bits per heavy atom. The molecule has 0 bridgehead atoms. The van der Waals surface area contributed by atoms with Crippen LogP contribution in [-0.2, 0) is 0 Å². The molecule has 4 rings (SSSR count). The molecule has 142 valence electrons. The fourth-order valence-corrected chi connectivity index (χ4v) is 3.59. The fraction of sp³-hybridized carbons (Fsp3) is 0.250. The van der Waals surface area contributed by atoms with E-state index in [1.165, 1.54) is 4.57 Å². The van der Waals surface area contributed by atoms with Crippen molar-refractivity contribution in [2.24, 2.45) is 5.73 Å². The maximum absolute atomic E-state index is 14.9. The third-order valence-corrected chi connectivity index (χ3v) is 5.07. The number of nitrogens with two attached hydrogens (primary N) is 1. The van der Waals surface area contributed by atoms with Crippen molar-refractivity contribution in [1.29, 1.82) is 5.26 Å². The van der Waals surface area contributed by atoms with Crippen LogP contribution in [0.2, 0.25) is 0 Å². The molecule has 3 N–H and O–H groups in total. The number of halogens is 1. The van der Waals surface area contributed by atoms with Crippen molar-refractivity contribution in [2.45, 2.75) is 18.6 Å². The highest BCUT2D eigenvalue weighted by atomic mass is 19.1. The second-order valence-electron chi connectivity index (χ2n) is 6.78. The minimum Gasteiger partial charge on any atom is -0.379 e. The van der Waals surface area contributed by atoms with Crippen LogP contribution in [0.4, 0.5) is 20.6 Å². The first kappa shape index (κ1) is 17.8.